The highest BCUT2D eigenvalue weighted by Crippen LogP contribution is 2.17. The van der Waals surface area contributed by atoms with Crippen LogP contribution in [0.1, 0.15) is 5.56 Å². The molecule has 2 rings (SSSR count). The topological polar surface area (TPSA) is 49.7 Å². The number of methoxy groups -OCH3 is 1. The zero-order valence-electron chi connectivity index (χ0n) is 9.05. The average molecular weight is 216 g/mol. The van der Waals surface area contributed by atoms with Gasteiger partial charge in [0.2, 0.25) is 0 Å². The second kappa shape index (κ2) is 4.66. The van der Waals surface area contributed by atoms with E-state index in [1.165, 1.54) is 0 Å². The Balaban J connectivity index is 2.67. The van der Waals surface area contributed by atoms with Crippen LogP contribution in [0.2, 0.25) is 0 Å². The molecular weight excluding hydrogens is 203 g/mol. The zero-order valence-corrected chi connectivity index (χ0v) is 9.05. The molecule has 82 valence electrons. The summed E-state index contributed by atoms with van der Waals surface area (Å²) in [5, 5.41) is 20.4. The molecule has 2 aromatic rings. The fraction of sp³-hybridized carbons (Fsp3) is 0.167. The molecule has 0 aliphatic carbocycles. The van der Waals surface area contributed by atoms with Crippen molar-refractivity contribution >= 4 is 23.4 Å². The van der Waals surface area contributed by atoms with Crippen LogP contribution in [-0.2, 0) is 11.3 Å². The minimum Gasteiger partial charge on any atom is -0.423 e. The highest BCUT2D eigenvalue weighted by molar-refractivity contribution is 6.62. The van der Waals surface area contributed by atoms with Crippen LogP contribution in [0.5, 0.6) is 0 Å². The Morgan fingerprint density at radius 3 is 2.38 bits per heavy atom. The van der Waals surface area contributed by atoms with Crippen molar-refractivity contribution in [3.05, 3.63) is 42.0 Å². The van der Waals surface area contributed by atoms with E-state index in [1.807, 2.05) is 30.3 Å². The van der Waals surface area contributed by atoms with Crippen LogP contribution in [0.15, 0.2) is 36.4 Å². The van der Waals surface area contributed by atoms with Gasteiger partial charge in [0.15, 0.2) is 0 Å². The smallest absolute Gasteiger partial charge is 0.423 e. The number of benzene rings is 2. The van der Waals surface area contributed by atoms with Crippen LogP contribution < -0.4 is 5.46 Å². The van der Waals surface area contributed by atoms with E-state index < -0.39 is 7.12 Å². The maximum atomic E-state index is 9.27. The molecule has 0 heterocycles. The molecule has 0 radical (unpaired) electrons. The van der Waals surface area contributed by atoms with Crippen molar-refractivity contribution < 1.29 is 14.8 Å². The summed E-state index contributed by atoms with van der Waals surface area (Å²) >= 11 is 0. The van der Waals surface area contributed by atoms with Crippen molar-refractivity contribution in [3.63, 3.8) is 0 Å². The van der Waals surface area contributed by atoms with Gasteiger partial charge in [-0.25, -0.2) is 0 Å². The van der Waals surface area contributed by atoms with Crippen LogP contribution in [-0.4, -0.2) is 24.3 Å². The molecule has 0 spiro atoms. The Morgan fingerprint density at radius 2 is 1.75 bits per heavy atom. The second-order valence-corrected chi connectivity index (χ2v) is 3.67. The highest BCUT2D eigenvalue weighted by Gasteiger charge is 2.15. The minimum atomic E-state index is -1.44. The molecule has 0 bridgehead atoms. The first-order valence-electron chi connectivity index (χ1n) is 5.09. The van der Waals surface area contributed by atoms with Crippen LogP contribution in [0.25, 0.3) is 10.8 Å². The van der Waals surface area contributed by atoms with E-state index in [4.69, 9.17) is 4.74 Å². The standard InChI is InChI=1S/C12H13BO3/c1-16-8-9-6-7-12(13(14)15)11-5-3-2-4-10(9)11/h2-7,14-15H,8H2,1H3. The molecule has 4 heteroatoms. The van der Waals surface area contributed by atoms with Gasteiger partial charge in [-0.15, -0.1) is 0 Å². The van der Waals surface area contributed by atoms with Crippen molar-refractivity contribution in [2.24, 2.45) is 0 Å². The number of fused-ring (bicyclic) bond motifs is 1. The lowest BCUT2D eigenvalue weighted by Crippen LogP contribution is -2.30. The molecule has 0 saturated carbocycles. The van der Waals surface area contributed by atoms with Crippen LogP contribution in [0.4, 0.5) is 0 Å². The summed E-state index contributed by atoms with van der Waals surface area (Å²) in [6, 6.07) is 11.2. The normalized spacial score (nSPS) is 10.7. The van der Waals surface area contributed by atoms with Crippen molar-refractivity contribution in [1.29, 1.82) is 0 Å². The fourth-order valence-corrected chi connectivity index (χ4v) is 1.89. The van der Waals surface area contributed by atoms with Gasteiger partial charge in [0.05, 0.1) is 6.61 Å². The third-order valence-corrected chi connectivity index (χ3v) is 2.63. The van der Waals surface area contributed by atoms with E-state index in [0.717, 1.165) is 16.3 Å². The Hall–Kier alpha value is -1.36. The van der Waals surface area contributed by atoms with Gasteiger partial charge >= 0.3 is 7.12 Å². The third-order valence-electron chi connectivity index (χ3n) is 2.63. The van der Waals surface area contributed by atoms with Crippen LogP contribution >= 0.6 is 0 Å². The molecule has 0 aromatic heterocycles. The molecule has 3 nitrogen and oxygen atoms in total. The van der Waals surface area contributed by atoms with Crippen molar-refractivity contribution in [2.45, 2.75) is 6.61 Å². The quantitative estimate of drug-likeness (QED) is 0.741. The van der Waals surface area contributed by atoms with E-state index in [0.29, 0.717) is 12.1 Å². The van der Waals surface area contributed by atoms with E-state index in [1.54, 1.807) is 13.2 Å². The molecule has 2 aromatic carbocycles. The average Bonchev–Trinajstić information content (AvgIpc) is 2.29. The van der Waals surface area contributed by atoms with Crippen molar-refractivity contribution in [2.75, 3.05) is 7.11 Å². The summed E-state index contributed by atoms with van der Waals surface area (Å²) in [5.41, 5.74) is 1.57. The maximum Gasteiger partial charge on any atom is 0.489 e. The lowest BCUT2D eigenvalue weighted by atomic mass is 9.76. The highest BCUT2D eigenvalue weighted by atomic mass is 16.5. The van der Waals surface area contributed by atoms with Gasteiger partial charge in [0.1, 0.15) is 0 Å². The minimum absolute atomic E-state index is 0.516. The Labute approximate surface area is 94.4 Å². The maximum absolute atomic E-state index is 9.27. The molecule has 0 unspecified atom stereocenters. The van der Waals surface area contributed by atoms with E-state index in [2.05, 4.69) is 0 Å². The predicted octanol–water partition coefficient (Wildman–Crippen LogP) is 0.666. The number of ether oxygens (including phenoxy) is 1. The third kappa shape index (κ3) is 1.95. The molecular formula is C12H13BO3. The van der Waals surface area contributed by atoms with Crippen molar-refractivity contribution in [1.82, 2.24) is 0 Å². The number of hydrogen-bond acceptors (Lipinski definition) is 3. The van der Waals surface area contributed by atoms with E-state index >= 15 is 0 Å². The summed E-state index contributed by atoms with van der Waals surface area (Å²) in [4.78, 5) is 0. The number of rotatable bonds is 3. The molecule has 0 fully saturated rings. The van der Waals surface area contributed by atoms with Gasteiger partial charge in [0, 0.05) is 7.11 Å². The summed E-state index contributed by atoms with van der Waals surface area (Å²) in [7, 11) is 0.199. The van der Waals surface area contributed by atoms with Gasteiger partial charge in [-0.3, -0.25) is 0 Å². The zero-order chi connectivity index (χ0) is 11.5. The van der Waals surface area contributed by atoms with Gasteiger partial charge in [-0.05, 0) is 21.8 Å². The van der Waals surface area contributed by atoms with Gasteiger partial charge < -0.3 is 14.8 Å². The Kier molecular flexibility index (Phi) is 3.24. The largest absolute Gasteiger partial charge is 0.489 e. The summed E-state index contributed by atoms with van der Waals surface area (Å²) in [5.74, 6) is 0. The first kappa shape index (κ1) is 11.1. The second-order valence-electron chi connectivity index (χ2n) is 3.67. The molecule has 0 amide bonds. The first-order valence-corrected chi connectivity index (χ1v) is 5.09. The lowest BCUT2D eigenvalue weighted by molar-refractivity contribution is 0.186. The molecule has 0 atom stereocenters. The van der Waals surface area contributed by atoms with E-state index in [-0.39, 0.29) is 0 Å². The van der Waals surface area contributed by atoms with Gasteiger partial charge in [-0.1, -0.05) is 36.4 Å². The molecule has 0 aliphatic rings. The van der Waals surface area contributed by atoms with Crippen molar-refractivity contribution in [3.8, 4) is 0 Å². The van der Waals surface area contributed by atoms with Crippen LogP contribution in [0.3, 0.4) is 0 Å². The van der Waals surface area contributed by atoms with Gasteiger partial charge in [-0.2, -0.15) is 0 Å². The Bertz CT molecular complexity index is 497. The fourth-order valence-electron chi connectivity index (χ4n) is 1.89. The SMILES string of the molecule is COCc1ccc(B(O)O)c2ccccc12. The number of hydrogen-bond donors (Lipinski definition) is 2. The van der Waals surface area contributed by atoms with E-state index in [9.17, 15) is 10.0 Å². The molecule has 0 aliphatic heterocycles. The summed E-state index contributed by atoms with van der Waals surface area (Å²) < 4.78 is 5.11. The lowest BCUT2D eigenvalue weighted by Gasteiger charge is -2.10. The predicted molar refractivity (Wildman–Crippen MR) is 64.5 cm³/mol. The summed E-state index contributed by atoms with van der Waals surface area (Å²) in [6.07, 6.45) is 0. The van der Waals surface area contributed by atoms with Gasteiger partial charge in [0.25, 0.3) is 0 Å². The molecule has 0 saturated heterocycles. The summed E-state index contributed by atoms with van der Waals surface area (Å²) in [6.45, 7) is 0.516. The van der Waals surface area contributed by atoms with Crippen LogP contribution in [0, 0.1) is 0 Å². The Morgan fingerprint density at radius 1 is 1.06 bits per heavy atom. The first-order chi connectivity index (χ1) is 7.74. The molecule has 2 N–H and O–H groups in total. The molecule has 16 heavy (non-hydrogen) atoms. The monoisotopic (exact) mass is 216 g/mol.